The summed E-state index contributed by atoms with van der Waals surface area (Å²) in [5.74, 6) is 0.829. The van der Waals surface area contributed by atoms with Gasteiger partial charge in [0.15, 0.2) is 0 Å². The zero-order valence-electron chi connectivity index (χ0n) is 9.05. The van der Waals surface area contributed by atoms with Gasteiger partial charge in [-0.25, -0.2) is 4.98 Å². The number of thiophene rings is 1. The van der Waals surface area contributed by atoms with Gasteiger partial charge in [-0.2, -0.15) is 0 Å². The van der Waals surface area contributed by atoms with Gasteiger partial charge < -0.3 is 16.2 Å². The Bertz CT molecular complexity index is 469. The Morgan fingerprint density at radius 1 is 1.56 bits per heavy atom. The minimum atomic E-state index is -0.519. The number of nitrogens with one attached hydrogen (secondary N) is 1. The van der Waals surface area contributed by atoms with Gasteiger partial charge in [-0.1, -0.05) is 0 Å². The predicted molar refractivity (Wildman–Crippen MR) is 67.8 cm³/mol. The van der Waals surface area contributed by atoms with Crippen molar-refractivity contribution < 1.29 is 5.11 Å². The molecule has 5 heteroatoms. The van der Waals surface area contributed by atoms with E-state index in [0.717, 1.165) is 11.2 Å². The maximum absolute atomic E-state index is 9.29. The van der Waals surface area contributed by atoms with Crippen LogP contribution >= 0.6 is 11.3 Å². The summed E-state index contributed by atoms with van der Waals surface area (Å²) in [4.78, 5) is 4.27. The fourth-order valence-electron chi connectivity index (χ4n) is 1.42. The van der Waals surface area contributed by atoms with Crippen molar-refractivity contribution in [1.82, 2.24) is 4.98 Å². The minimum absolute atomic E-state index is 0.282. The van der Waals surface area contributed by atoms with Crippen molar-refractivity contribution in [3.05, 3.63) is 23.7 Å². The molecule has 16 heavy (non-hydrogen) atoms. The lowest BCUT2D eigenvalue weighted by atomic mass is 10.2. The largest absolute Gasteiger partial charge is 0.392 e. The van der Waals surface area contributed by atoms with Gasteiger partial charge in [0.25, 0.3) is 0 Å². The van der Waals surface area contributed by atoms with Crippen LogP contribution in [0.3, 0.4) is 0 Å². The molecular formula is C11H15N3OS. The molecule has 0 amide bonds. The van der Waals surface area contributed by atoms with Crippen LogP contribution in [0, 0.1) is 0 Å². The maximum Gasteiger partial charge on any atom is 0.134 e. The quantitative estimate of drug-likeness (QED) is 0.752. The average Bonchev–Trinajstić information content (AvgIpc) is 2.73. The Morgan fingerprint density at radius 2 is 2.38 bits per heavy atom. The average molecular weight is 237 g/mol. The summed E-state index contributed by atoms with van der Waals surface area (Å²) >= 11 is 1.68. The molecule has 0 aliphatic rings. The van der Waals surface area contributed by atoms with Crippen molar-refractivity contribution in [3.8, 4) is 0 Å². The lowest BCUT2D eigenvalue weighted by molar-refractivity contribution is 0.168. The van der Waals surface area contributed by atoms with Crippen LogP contribution in [-0.2, 0) is 0 Å². The van der Waals surface area contributed by atoms with Gasteiger partial charge in [0.1, 0.15) is 5.82 Å². The molecule has 2 heterocycles. The SMILES string of the molecule is CC(O)C(N)CNc1nccc2sccc12. The first kappa shape index (κ1) is 11.3. The van der Waals surface area contributed by atoms with Crippen molar-refractivity contribution >= 4 is 27.2 Å². The number of hydrogen-bond donors (Lipinski definition) is 3. The number of aromatic nitrogens is 1. The van der Waals surface area contributed by atoms with Gasteiger partial charge >= 0.3 is 0 Å². The highest BCUT2D eigenvalue weighted by molar-refractivity contribution is 7.17. The molecule has 2 unspecified atom stereocenters. The van der Waals surface area contributed by atoms with Crippen molar-refractivity contribution in [2.75, 3.05) is 11.9 Å². The van der Waals surface area contributed by atoms with Crippen molar-refractivity contribution in [2.24, 2.45) is 5.73 Å². The van der Waals surface area contributed by atoms with Crippen LogP contribution in [0.2, 0.25) is 0 Å². The van der Waals surface area contributed by atoms with Gasteiger partial charge in [-0.3, -0.25) is 0 Å². The molecule has 0 spiro atoms. The first-order chi connectivity index (χ1) is 7.68. The third-order valence-electron chi connectivity index (χ3n) is 2.50. The van der Waals surface area contributed by atoms with E-state index >= 15 is 0 Å². The molecule has 4 N–H and O–H groups in total. The summed E-state index contributed by atoms with van der Waals surface area (Å²) in [7, 11) is 0. The van der Waals surface area contributed by atoms with Gasteiger partial charge in [0.2, 0.25) is 0 Å². The second kappa shape index (κ2) is 4.78. The van der Waals surface area contributed by atoms with E-state index < -0.39 is 6.10 Å². The van der Waals surface area contributed by atoms with Gasteiger partial charge in [0, 0.05) is 28.9 Å². The Morgan fingerprint density at radius 3 is 3.12 bits per heavy atom. The number of anilines is 1. The highest BCUT2D eigenvalue weighted by Crippen LogP contribution is 2.25. The molecule has 0 radical (unpaired) electrons. The highest BCUT2D eigenvalue weighted by atomic mass is 32.1. The van der Waals surface area contributed by atoms with Gasteiger partial charge in [-0.15, -0.1) is 11.3 Å². The zero-order valence-corrected chi connectivity index (χ0v) is 9.87. The first-order valence-electron chi connectivity index (χ1n) is 5.18. The molecule has 0 saturated carbocycles. The van der Waals surface area contributed by atoms with Crippen molar-refractivity contribution in [2.45, 2.75) is 19.1 Å². The fourth-order valence-corrected chi connectivity index (χ4v) is 2.20. The van der Waals surface area contributed by atoms with Crippen LogP contribution in [0.25, 0.3) is 10.1 Å². The molecule has 0 aliphatic heterocycles. The molecule has 2 aromatic rings. The molecule has 0 bridgehead atoms. The van der Waals surface area contributed by atoms with Crippen LogP contribution in [0.1, 0.15) is 6.92 Å². The number of nitrogens with zero attached hydrogens (tertiary/aromatic N) is 1. The topological polar surface area (TPSA) is 71.2 Å². The number of pyridine rings is 1. The monoisotopic (exact) mass is 237 g/mol. The maximum atomic E-state index is 9.29. The summed E-state index contributed by atoms with van der Waals surface area (Å²) in [5.41, 5.74) is 5.75. The first-order valence-corrected chi connectivity index (χ1v) is 6.06. The van der Waals surface area contributed by atoms with E-state index in [2.05, 4.69) is 10.3 Å². The molecule has 2 rings (SSSR count). The van der Waals surface area contributed by atoms with Crippen molar-refractivity contribution in [1.29, 1.82) is 0 Å². The van der Waals surface area contributed by atoms with E-state index in [-0.39, 0.29) is 6.04 Å². The normalized spacial score (nSPS) is 14.9. The van der Waals surface area contributed by atoms with Crippen LogP contribution < -0.4 is 11.1 Å². The second-order valence-electron chi connectivity index (χ2n) is 3.78. The summed E-state index contributed by atoms with van der Waals surface area (Å²) in [6, 6.07) is 3.74. The highest BCUT2D eigenvalue weighted by Gasteiger charge is 2.10. The Kier molecular flexibility index (Phi) is 3.38. The molecule has 0 fully saturated rings. The van der Waals surface area contributed by atoms with Crippen LogP contribution in [0.4, 0.5) is 5.82 Å². The number of rotatable bonds is 4. The van der Waals surface area contributed by atoms with Crippen molar-refractivity contribution in [3.63, 3.8) is 0 Å². The summed E-state index contributed by atoms with van der Waals surface area (Å²) in [6.45, 7) is 2.20. The van der Waals surface area contributed by atoms with E-state index in [1.807, 2.05) is 17.5 Å². The second-order valence-corrected chi connectivity index (χ2v) is 4.73. The van der Waals surface area contributed by atoms with Gasteiger partial charge in [-0.05, 0) is 24.4 Å². The third-order valence-corrected chi connectivity index (χ3v) is 3.39. The minimum Gasteiger partial charge on any atom is -0.392 e. The summed E-state index contributed by atoms with van der Waals surface area (Å²) < 4.78 is 1.20. The third kappa shape index (κ3) is 2.32. The van der Waals surface area contributed by atoms with E-state index in [0.29, 0.717) is 6.54 Å². The number of hydrogen-bond acceptors (Lipinski definition) is 5. The summed E-state index contributed by atoms with van der Waals surface area (Å²) in [5, 5.41) is 15.6. The Balaban J connectivity index is 2.12. The predicted octanol–water partition coefficient (Wildman–Crippen LogP) is 1.42. The van der Waals surface area contributed by atoms with Crippen LogP contribution in [0.15, 0.2) is 23.7 Å². The van der Waals surface area contributed by atoms with Crippen LogP contribution in [-0.4, -0.2) is 28.8 Å². The van der Waals surface area contributed by atoms with E-state index in [1.54, 1.807) is 24.5 Å². The lowest BCUT2D eigenvalue weighted by Crippen LogP contribution is -2.38. The van der Waals surface area contributed by atoms with E-state index in [4.69, 9.17) is 5.73 Å². The van der Waals surface area contributed by atoms with Gasteiger partial charge in [0.05, 0.1) is 6.10 Å². The zero-order chi connectivity index (χ0) is 11.5. The molecule has 86 valence electrons. The molecular weight excluding hydrogens is 222 g/mol. The van der Waals surface area contributed by atoms with Crippen LogP contribution in [0.5, 0.6) is 0 Å². The standard InChI is InChI=1S/C11H15N3OS/c1-7(15)9(12)6-14-11-8-3-5-16-10(8)2-4-13-11/h2-5,7,9,15H,6,12H2,1H3,(H,13,14). The molecule has 0 aliphatic carbocycles. The molecule has 0 aromatic carbocycles. The smallest absolute Gasteiger partial charge is 0.134 e. The number of aliphatic hydroxyl groups is 1. The fraction of sp³-hybridized carbons (Fsp3) is 0.364. The Hall–Kier alpha value is -1.17. The number of nitrogens with two attached hydrogens (primary N) is 1. The molecule has 0 saturated heterocycles. The number of aliphatic hydroxyl groups excluding tert-OH is 1. The lowest BCUT2D eigenvalue weighted by Gasteiger charge is -2.15. The number of fused-ring (bicyclic) bond motifs is 1. The molecule has 2 aromatic heterocycles. The molecule has 4 nitrogen and oxygen atoms in total. The summed E-state index contributed by atoms with van der Waals surface area (Å²) in [6.07, 6.45) is 1.25. The molecule has 2 atom stereocenters. The van der Waals surface area contributed by atoms with E-state index in [1.165, 1.54) is 4.70 Å². The Labute approximate surface area is 98.1 Å². The van der Waals surface area contributed by atoms with E-state index in [9.17, 15) is 5.11 Å².